The van der Waals surface area contributed by atoms with E-state index in [4.69, 9.17) is 8.94 Å². The summed E-state index contributed by atoms with van der Waals surface area (Å²) in [6.45, 7) is 4.78. The molecule has 0 aliphatic carbocycles. The first-order chi connectivity index (χ1) is 13.0. The van der Waals surface area contributed by atoms with E-state index < -0.39 is 10.0 Å². The summed E-state index contributed by atoms with van der Waals surface area (Å²) in [5.41, 5.74) is 1.22. The molecule has 27 heavy (non-hydrogen) atoms. The largest absolute Gasteiger partial charge is 0.403 e. The molecule has 1 aliphatic rings. The van der Waals surface area contributed by atoms with Gasteiger partial charge in [0.25, 0.3) is 0 Å². The van der Waals surface area contributed by atoms with Gasteiger partial charge < -0.3 is 13.8 Å². The summed E-state index contributed by atoms with van der Waals surface area (Å²) in [6.07, 6.45) is 0. The number of benzene rings is 1. The van der Waals surface area contributed by atoms with Crippen molar-refractivity contribution in [2.75, 3.05) is 31.1 Å². The third-order valence-corrected chi connectivity index (χ3v) is 6.65. The molecule has 3 heterocycles. The highest BCUT2D eigenvalue weighted by molar-refractivity contribution is 7.89. The van der Waals surface area contributed by atoms with Gasteiger partial charge >= 0.3 is 6.01 Å². The summed E-state index contributed by atoms with van der Waals surface area (Å²) in [7, 11) is -3.64. The smallest absolute Gasteiger partial charge is 0.318 e. The van der Waals surface area contributed by atoms with Gasteiger partial charge in [-0.1, -0.05) is 28.5 Å². The van der Waals surface area contributed by atoms with Crippen molar-refractivity contribution in [3.63, 3.8) is 0 Å². The number of rotatable bonds is 4. The molecule has 0 saturated carbocycles. The molecular weight excluding hydrogens is 370 g/mol. The van der Waals surface area contributed by atoms with Crippen LogP contribution in [0.25, 0.3) is 11.5 Å². The van der Waals surface area contributed by atoms with Crippen LogP contribution in [0.1, 0.15) is 11.5 Å². The number of anilines is 1. The van der Waals surface area contributed by atoms with Crippen molar-refractivity contribution < 1.29 is 17.4 Å². The highest BCUT2D eigenvalue weighted by Gasteiger charge is 2.34. The molecule has 0 atom stereocenters. The lowest BCUT2D eigenvalue weighted by molar-refractivity contribution is 0.369. The minimum Gasteiger partial charge on any atom is -0.403 e. The van der Waals surface area contributed by atoms with Crippen LogP contribution in [0.3, 0.4) is 0 Å². The van der Waals surface area contributed by atoms with E-state index in [-0.39, 0.29) is 4.90 Å². The Morgan fingerprint density at radius 1 is 1.00 bits per heavy atom. The van der Waals surface area contributed by atoms with Gasteiger partial charge in [0.05, 0.1) is 0 Å². The zero-order chi connectivity index (χ0) is 19.0. The van der Waals surface area contributed by atoms with Crippen LogP contribution in [0.15, 0.2) is 44.2 Å². The molecule has 1 aliphatic heterocycles. The van der Waals surface area contributed by atoms with E-state index >= 15 is 0 Å². The summed E-state index contributed by atoms with van der Waals surface area (Å²) in [4.78, 5) is 2.04. The van der Waals surface area contributed by atoms with E-state index in [2.05, 4.69) is 15.4 Å². The number of hydrogen-bond donors (Lipinski definition) is 0. The summed E-state index contributed by atoms with van der Waals surface area (Å²) < 4.78 is 38.0. The van der Waals surface area contributed by atoms with Crippen molar-refractivity contribution >= 4 is 16.0 Å². The molecule has 0 bridgehead atoms. The lowest BCUT2D eigenvalue weighted by Gasteiger charge is -2.32. The van der Waals surface area contributed by atoms with Crippen molar-refractivity contribution in [2.24, 2.45) is 0 Å². The number of sulfonamides is 1. The maximum absolute atomic E-state index is 12.9. The average molecular weight is 389 g/mol. The van der Waals surface area contributed by atoms with Gasteiger partial charge in [0, 0.05) is 31.7 Å². The quantitative estimate of drug-likeness (QED) is 0.666. The number of aryl methyl sites for hydroxylation is 2. The van der Waals surface area contributed by atoms with Gasteiger partial charge in [-0.25, -0.2) is 8.42 Å². The monoisotopic (exact) mass is 389 g/mol. The Hall–Kier alpha value is -2.72. The molecule has 4 rings (SSSR count). The topological polar surface area (TPSA) is 106 Å². The molecule has 0 radical (unpaired) electrons. The second kappa shape index (κ2) is 6.78. The summed E-state index contributed by atoms with van der Waals surface area (Å²) in [6, 6.07) is 9.90. The molecular formula is C17H19N5O4S. The van der Waals surface area contributed by atoms with Crippen molar-refractivity contribution in [2.45, 2.75) is 18.7 Å². The van der Waals surface area contributed by atoms with Gasteiger partial charge in [0.15, 0.2) is 5.76 Å². The third-order valence-electron chi connectivity index (χ3n) is 4.51. The van der Waals surface area contributed by atoms with Crippen LogP contribution >= 0.6 is 0 Å². The van der Waals surface area contributed by atoms with E-state index in [1.54, 1.807) is 13.8 Å². The minimum absolute atomic E-state index is 0.153. The van der Waals surface area contributed by atoms with Crippen LogP contribution in [0.4, 0.5) is 6.01 Å². The van der Waals surface area contributed by atoms with Gasteiger partial charge in [0.1, 0.15) is 10.6 Å². The third kappa shape index (κ3) is 3.21. The fraction of sp³-hybridized carbons (Fsp3) is 0.353. The van der Waals surface area contributed by atoms with Crippen molar-refractivity contribution in [3.05, 3.63) is 41.8 Å². The SMILES string of the molecule is Cc1noc(C)c1S(=O)(=O)N1CCN(c2nnc(-c3ccccc3)o2)CC1. The van der Waals surface area contributed by atoms with Crippen LogP contribution in [-0.2, 0) is 10.0 Å². The maximum Gasteiger partial charge on any atom is 0.318 e. The zero-order valence-corrected chi connectivity index (χ0v) is 15.8. The molecule has 3 aromatic rings. The van der Waals surface area contributed by atoms with Gasteiger partial charge in [-0.2, -0.15) is 4.31 Å². The molecule has 10 heteroatoms. The first-order valence-corrected chi connectivity index (χ1v) is 9.98. The van der Waals surface area contributed by atoms with Crippen LogP contribution in [0.5, 0.6) is 0 Å². The second-order valence-corrected chi connectivity index (χ2v) is 8.18. The number of nitrogens with zero attached hydrogens (tertiary/aromatic N) is 5. The van der Waals surface area contributed by atoms with Crippen molar-refractivity contribution in [3.8, 4) is 11.5 Å². The normalized spacial score (nSPS) is 16.0. The molecule has 142 valence electrons. The Kier molecular flexibility index (Phi) is 4.44. The van der Waals surface area contributed by atoms with E-state index in [0.29, 0.717) is 49.5 Å². The highest BCUT2D eigenvalue weighted by atomic mass is 32.2. The average Bonchev–Trinajstić information content (AvgIpc) is 3.30. The molecule has 9 nitrogen and oxygen atoms in total. The van der Waals surface area contributed by atoms with Crippen LogP contribution < -0.4 is 4.90 Å². The van der Waals surface area contributed by atoms with Gasteiger partial charge in [-0.3, -0.25) is 0 Å². The Morgan fingerprint density at radius 2 is 1.70 bits per heavy atom. The molecule has 1 aromatic carbocycles. The van der Waals surface area contributed by atoms with Gasteiger partial charge in [-0.05, 0) is 26.0 Å². The molecule has 2 aromatic heterocycles. The number of piperazine rings is 1. The summed E-state index contributed by atoms with van der Waals surface area (Å²) in [5, 5.41) is 11.9. The van der Waals surface area contributed by atoms with E-state index in [1.807, 2.05) is 35.2 Å². The summed E-state index contributed by atoms with van der Waals surface area (Å²) >= 11 is 0. The maximum atomic E-state index is 12.9. The highest BCUT2D eigenvalue weighted by Crippen LogP contribution is 2.26. The standard InChI is InChI=1S/C17H19N5O4S/c1-12-15(13(2)26-20-12)27(23,24)22-10-8-21(9-11-22)17-19-18-16(25-17)14-6-4-3-5-7-14/h3-7H,8-11H2,1-2H3. The Labute approximate surface area is 156 Å². The predicted molar refractivity (Wildman–Crippen MR) is 96.7 cm³/mol. The Balaban J connectivity index is 1.48. The van der Waals surface area contributed by atoms with Gasteiger partial charge in [0.2, 0.25) is 15.9 Å². The Morgan fingerprint density at radius 3 is 2.33 bits per heavy atom. The van der Waals surface area contributed by atoms with E-state index in [1.165, 1.54) is 4.31 Å². The van der Waals surface area contributed by atoms with Crippen molar-refractivity contribution in [1.29, 1.82) is 0 Å². The van der Waals surface area contributed by atoms with Gasteiger partial charge in [-0.15, -0.1) is 5.10 Å². The molecule has 0 N–H and O–H groups in total. The molecule has 0 amide bonds. The lowest BCUT2D eigenvalue weighted by Crippen LogP contribution is -2.49. The van der Waals surface area contributed by atoms with E-state index in [9.17, 15) is 8.42 Å². The van der Waals surface area contributed by atoms with Crippen LogP contribution in [0.2, 0.25) is 0 Å². The molecule has 0 unspecified atom stereocenters. The minimum atomic E-state index is -3.64. The first kappa shape index (κ1) is 17.7. The van der Waals surface area contributed by atoms with Crippen LogP contribution in [0, 0.1) is 13.8 Å². The number of aromatic nitrogens is 3. The second-order valence-electron chi connectivity index (χ2n) is 6.30. The van der Waals surface area contributed by atoms with Crippen LogP contribution in [-0.4, -0.2) is 54.3 Å². The molecule has 1 saturated heterocycles. The fourth-order valence-corrected chi connectivity index (χ4v) is 4.85. The number of hydrogen-bond acceptors (Lipinski definition) is 8. The molecule has 0 spiro atoms. The Bertz CT molecular complexity index is 1020. The zero-order valence-electron chi connectivity index (χ0n) is 15.0. The van der Waals surface area contributed by atoms with E-state index in [0.717, 1.165) is 5.56 Å². The first-order valence-electron chi connectivity index (χ1n) is 8.54. The lowest BCUT2D eigenvalue weighted by atomic mass is 10.2. The fourth-order valence-electron chi connectivity index (χ4n) is 3.13. The van der Waals surface area contributed by atoms with Crippen molar-refractivity contribution in [1.82, 2.24) is 19.7 Å². The summed E-state index contributed by atoms with van der Waals surface area (Å²) in [5.74, 6) is 0.746. The predicted octanol–water partition coefficient (Wildman–Crippen LogP) is 1.85. The molecule has 1 fully saturated rings.